The molecule has 2 aliphatic heterocycles. The van der Waals surface area contributed by atoms with Gasteiger partial charge >= 0.3 is 11.8 Å². The molecule has 2 aliphatic rings. The third-order valence-electron chi connectivity index (χ3n) is 5.65. The van der Waals surface area contributed by atoms with Crippen LogP contribution in [0.4, 0.5) is 5.82 Å². The lowest BCUT2D eigenvalue weighted by Gasteiger charge is -2.27. The zero-order valence-corrected chi connectivity index (χ0v) is 18.7. The van der Waals surface area contributed by atoms with Gasteiger partial charge in [-0.3, -0.25) is 44.1 Å². The molecular weight excluding hydrogens is 460 g/mol. The van der Waals surface area contributed by atoms with Crippen molar-refractivity contribution < 1.29 is 33.5 Å². The Morgan fingerprint density at radius 2 is 1.89 bits per heavy atom. The molecule has 1 atom stereocenters. The summed E-state index contributed by atoms with van der Waals surface area (Å²) in [6, 6.07) is 5.21. The van der Waals surface area contributed by atoms with Gasteiger partial charge in [-0.15, -0.1) is 5.10 Å². The SMILES string of the molecule is COc1cc(NC(=O)C(=O)NCCCc2ccc3c(c2)C(=O)N(C2CCC(=O)NC2=O)C3=O)[nH]n1. The highest BCUT2D eigenvalue weighted by atomic mass is 16.5. The first-order chi connectivity index (χ1) is 16.8. The number of amides is 6. The zero-order valence-electron chi connectivity index (χ0n) is 18.7. The van der Waals surface area contributed by atoms with E-state index in [1.165, 1.54) is 19.2 Å². The number of aryl methyl sites for hydroxylation is 1. The minimum Gasteiger partial charge on any atom is -0.480 e. The first kappa shape index (κ1) is 23.6. The standard InChI is InChI=1S/C22H22N6O7/c1-35-17-10-15(26-27-17)24-20(32)19(31)23-8-2-3-11-4-5-12-13(9-11)22(34)28(21(12)33)14-6-7-16(29)25-18(14)30/h4-5,9-10,14H,2-3,6-8H2,1H3,(H,23,31)(H,25,29,30)(H2,24,26,27,32). The molecule has 4 rings (SSSR count). The summed E-state index contributed by atoms with van der Waals surface area (Å²) >= 11 is 0. The van der Waals surface area contributed by atoms with Crippen LogP contribution in [0.5, 0.6) is 5.88 Å². The van der Waals surface area contributed by atoms with Gasteiger partial charge in [0.25, 0.3) is 11.8 Å². The highest BCUT2D eigenvalue weighted by Crippen LogP contribution is 2.28. The molecule has 2 aromatic rings. The van der Waals surface area contributed by atoms with Crippen molar-refractivity contribution in [3.8, 4) is 5.88 Å². The first-order valence-electron chi connectivity index (χ1n) is 10.8. The maximum atomic E-state index is 12.9. The van der Waals surface area contributed by atoms with Crippen LogP contribution < -0.4 is 20.7 Å². The van der Waals surface area contributed by atoms with E-state index in [2.05, 4.69) is 26.1 Å². The molecule has 6 amide bonds. The average Bonchev–Trinajstić information content (AvgIpc) is 3.39. The Balaban J connectivity index is 1.29. The monoisotopic (exact) mass is 482 g/mol. The summed E-state index contributed by atoms with van der Waals surface area (Å²) in [4.78, 5) is 74.0. The number of aromatic amines is 1. The predicted molar refractivity (Wildman–Crippen MR) is 118 cm³/mol. The summed E-state index contributed by atoms with van der Waals surface area (Å²) in [5.74, 6) is -3.47. The number of imide groups is 2. The molecule has 0 saturated carbocycles. The summed E-state index contributed by atoms with van der Waals surface area (Å²) in [6.07, 6.45) is 1.07. The lowest BCUT2D eigenvalue weighted by Crippen LogP contribution is -2.54. The number of carbonyl (C=O) groups is 6. The van der Waals surface area contributed by atoms with Crippen LogP contribution >= 0.6 is 0 Å². The topological polar surface area (TPSA) is 180 Å². The number of aromatic nitrogens is 2. The molecular formula is C22H22N6O7. The van der Waals surface area contributed by atoms with Crippen LogP contribution in [-0.2, 0) is 25.6 Å². The quantitative estimate of drug-likeness (QED) is 0.232. The molecule has 1 fully saturated rings. The van der Waals surface area contributed by atoms with Crippen LogP contribution in [0.3, 0.4) is 0 Å². The first-order valence-corrected chi connectivity index (χ1v) is 10.8. The van der Waals surface area contributed by atoms with E-state index in [-0.39, 0.29) is 42.2 Å². The molecule has 182 valence electrons. The zero-order chi connectivity index (χ0) is 25.1. The van der Waals surface area contributed by atoms with E-state index < -0.39 is 41.5 Å². The number of hydrogen-bond donors (Lipinski definition) is 4. The van der Waals surface area contributed by atoms with Crippen molar-refractivity contribution in [3.63, 3.8) is 0 Å². The molecule has 13 nitrogen and oxygen atoms in total. The van der Waals surface area contributed by atoms with Gasteiger partial charge < -0.3 is 15.4 Å². The smallest absolute Gasteiger partial charge is 0.314 e. The Morgan fingerprint density at radius 3 is 2.60 bits per heavy atom. The van der Waals surface area contributed by atoms with Crippen molar-refractivity contribution in [1.29, 1.82) is 0 Å². The van der Waals surface area contributed by atoms with Gasteiger partial charge in [-0.2, -0.15) is 0 Å². The molecule has 1 saturated heterocycles. The van der Waals surface area contributed by atoms with E-state index in [1.807, 2.05) is 0 Å². The summed E-state index contributed by atoms with van der Waals surface area (Å²) in [5.41, 5.74) is 1.14. The Labute approximate surface area is 198 Å². The third-order valence-corrected chi connectivity index (χ3v) is 5.65. The fraction of sp³-hybridized carbons (Fsp3) is 0.318. The van der Waals surface area contributed by atoms with E-state index in [0.717, 1.165) is 10.5 Å². The normalized spacial score (nSPS) is 17.2. The maximum Gasteiger partial charge on any atom is 0.314 e. The summed E-state index contributed by atoms with van der Waals surface area (Å²) in [6.45, 7) is 0.199. The number of benzene rings is 1. The fourth-order valence-corrected chi connectivity index (χ4v) is 3.90. The van der Waals surface area contributed by atoms with E-state index in [9.17, 15) is 28.8 Å². The van der Waals surface area contributed by atoms with E-state index in [1.54, 1.807) is 12.1 Å². The molecule has 1 unspecified atom stereocenters. The summed E-state index contributed by atoms with van der Waals surface area (Å²) in [7, 11) is 1.41. The number of H-pyrrole nitrogens is 1. The molecule has 0 spiro atoms. The van der Waals surface area contributed by atoms with Crippen molar-refractivity contribution in [2.45, 2.75) is 31.7 Å². The van der Waals surface area contributed by atoms with E-state index in [4.69, 9.17) is 4.74 Å². The second-order valence-corrected chi connectivity index (χ2v) is 7.96. The van der Waals surface area contributed by atoms with Gasteiger partial charge in [0.2, 0.25) is 17.7 Å². The van der Waals surface area contributed by atoms with Crippen molar-refractivity contribution in [3.05, 3.63) is 41.0 Å². The number of hydrogen-bond acceptors (Lipinski definition) is 8. The van der Waals surface area contributed by atoms with Crippen molar-refractivity contribution in [1.82, 2.24) is 25.7 Å². The molecule has 35 heavy (non-hydrogen) atoms. The van der Waals surface area contributed by atoms with Crippen LogP contribution in [0, 0.1) is 0 Å². The number of methoxy groups -OCH3 is 1. The number of ether oxygens (including phenoxy) is 1. The Morgan fingerprint density at radius 1 is 1.11 bits per heavy atom. The lowest BCUT2D eigenvalue weighted by atomic mass is 10.0. The second kappa shape index (κ2) is 9.75. The minimum atomic E-state index is -1.02. The van der Waals surface area contributed by atoms with Gasteiger partial charge in [0.05, 0.1) is 18.2 Å². The lowest BCUT2D eigenvalue weighted by molar-refractivity contribution is -0.136. The Hall–Kier alpha value is -4.55. The van der Waals surface area contributed by atoms with Crippen LogP contribution in [0.2, 0.25) is 0 Å². The number of nitrogens with zero attached hydrogens (tertiary/aromatic N) is 2. The highest BCUT2D eigenvalue weighted by Gasteiger charge is 2.44. The third kappa shape index (κ3) is 4.88. The predicted octanol–water partition coefficient (Wildman–Crippen LogP) is -0.493. The molecule has 4 N–H and O–H groups in total. The Kier molecular flexibility index (Phi) is 6.57. The molecule has 1 aromatic heterocycles. The number of nitrogens with one attached hydrogen (secondary N) is 4. The summed E-state index contributed by atoms with van der Waals surface area (Å²) in [5, 5.41) is 13.3. The van der Waals surface area contributed by atoms with E-state index in [0.29, 0.717) is 12.8 Å². The van der Waals surface area contributed by atoms with Crippen molar-refractivity contribution in [2.75, 3.05) is 19.0 Å². The number of anilines is 1. The van der Waals surface area contributed by atoms with Crippen LogP contribution in [0.25, 0.3) is 0 Å². The van der Waals surface area contributed by atoms with Gasteiger partial charge in [0.15, 0.2) is 0 Å². The molecule has 0 radical (unpaired) electrons. The van der Waals surface area contributed by atoms with Gasteiger partial charge in [-0.25, -0.2) is 0 Å². The van der Waals surface area contributed by atoms with Crippen molar-refractivity contribution >= 4 is 41.3 Å². The van der Waals surface area contributed by atoms with Crippen LogP contribution in [0.15, 0.2) is 24.3 Å². The van der Waals surface area contributed by atoms with E-state index >= 15 is 0 Å². The molecule has 3 heterocycles. The number of piperidine rings is 1. The maximum absolute atomic E-state index is 12.9. The van der Waals surface area contributed by atoms with Crippen LogP contribution in [-0.4, -0.2) is 70.2 Å². The number of carbonyl (C=O) groups excluding carboxylic acids is 6. The van der Waals surface area contributed by atoms with Gasteiger partial charge in [-0.05, 0) is 37.0 Å². The number of fused-ring (bicyclic) bond motifs is 1. The van der Waals surface area contributed by atoms with Gasteiger partial charge in [0.1, 0.15) is 11.9 Å². The largest absolute Gasteiger partial charge is 0.480 e. The fourth-order valence-electron chi connectivity index (χ4n) is 3.90. The molecule has 1 aromatic carbocycles. The Bertz CT molecular complexity index is 1240. The van der Waals surface area contributed by atoms with Gasteiger partial charge in [0, 0.05) is 19.0 Å². The van der Waals surface area contributed by atoms with Crippen LogP contribution in [0.1, 0.15) is 45.5 Å². The molecule has 0 bridgehead atoms. The molecule has 0 aliphatic carbocycles. The summed E-state index contributed by atoms with van der Waals surface area (Å²) < 4.78 is 4.88. The molecule has 13 heteroatoms. The average molecular weight is 482 g/mol. The van der Waals surface area contributed by atoms with Gasteiger partial charge in [-0.1, -0.05) is 6.07 Å². The highest BCUT2D eigenvalue weighted by molar-refractivity contribution is 6.39. The second-order valence-electron chi connectivity index (χ2n) is 7.96. The minimum absolute atomic E-state index is 0.0505. The van der Waals surface area contributed by atoms with Crippen molar-refractivity contribution in [2.24, 2.45) is 0 Å². The number of rotatable bonds is 7.